The van der Waals surface area contributed by atoms with Crippen molar-refractivity contribution in [3.8, 4) is 0 Å². The number of benzene rings is 1. The van der Waals surface area contributed by atoms with E-state index in [9.17, 15) is 0 Å². The second-order valence-electron chi connectivity index (χ2n) is 5.17. The van der Waals surface area contributed by atoms with Crippen molar-refractivity contribution in [3.63, 3.8) is 0 Å². The van der Waals surface area contributed by atoms with E-state index in [1.807, 2.05) is 0 Å². The quantitative estimate of drug-likeness (QED) is 0.660. The Morgan fingerprint density at radius 1 is 1.00 bits per heavy atom. The van der Waals surface area contributed by atoms with E-state index in [2.05, 4.69) is 39.8 Å². The van der Waals surface area contributed by atoms with Gasteiger partial charge in [0.2, 0.25) is 0 Å². The molecule has 0 bridgehead atoms. The molecule has 17 heavy (non-hydrogen) atoms. The van der Waals surface area contributed by atoms with Crippen LogP contribution in [0.5, 0.6) is 0 Å². The van der Waals surface area contributed by atoms with Crippen LogP contribution in [-0.4, -0.2) is 11.8 Å². The van der Waals surface area contributed by atoms with Crippen LogP contribution in [0.2, 0.25) is 0 Å². The van der Waals surface area contributed by atoms with Crippen LogP contribution in [0.1, 0.15) is 35.6 Å². The van der Waals surface area contributed by atoms with E-state index in [0.29, 0.717) is 11.8 Å². The molecule has 0 spiro atoms. The second-order valence-corrected chi connectivity index (χ2v) is 5.71. The zero-order valence-electron chi connectivity index (χ0n) is 11.2. The first-order chi connectivity index (χ1) is 7.98. The van der Waals surface area contributed by atoms with Gasteiger partial charge in [-0.3, -0.25) is 0 Å². The molecule has 1 aromatic carbocycles. The minimum absolute atomic E-state index is 0.0356. The van der Waals surface area contributed by atoms with Crippen LogP contribution in [0.3, 0.4) is 0 Å². The van der Waals surface area contributed by atoms with Crippen molar-refractivity contribution in [2.45, 2.75) is 40.5 Å². The van der Waals surface area contributed by atoms with Gasteiger partial charge in [-0.05, 0) is 50.3 Å². The highest BCUT2D eigenvalue weighted by molar-refractivity contribution is 6.21. The molecule has 0 aliphatic carbocycles. The number of hydrogen-bond donors (Lipinski definition) is 0. The maximum atomic E-state index is 6.13. The number of alkyl halides is 2. The van der Waals surface area contributed by atoms with E-state index in [4.69, 9.17) is 23.2 Å². The summed E-state index contributed by atoms with van der Waals surface area (Å²) >= 11 is 12.3. The molecule has 0 aliphatic heterocycles. The molecule has 0 amide bonds. The standard InChI is InChI=1S/C15H22Cl2/c1-5-15(9-16,10-17)8-14-12(3)6-11(2)7-13(14)4/h6-7H,5,8-10H2,1-4H3. The lowest BCUT2D eigenvalue weighted by atomic mass is 9.80. The molecule has 0 fully saturated rings. The monoisotopic (exact) mass is 272 g/mol. The first-order valence-corrected chi connectivity index (χ1v) is 7.23. The van der Waals surface area contributed by atoms with E-state index in [1.165, 1.54) is 22.3 Å². The van der Waals surface area contributed by atoms with Crippen molar-refractivity contribution in [1.82, 2.24) is 0 Å². The van der Waals surface area contributed by atoms with Gasteiger partial charge >= 0.3 is 0 Å². The average molecular weight is 273 g/mol. The maximum absolute atomic E-state index is 6.13. The van der Waals surface area contributed by atoms with Crippen LogP contribution in [0.25, 0.3) is 0 Å². The van der Waals surface area contributed by atoms with Gasteiger partial charge in [-0.25, -0.2) is 0 Å². The van der Waals surface area contributed by atoms with Gasteiger partial charge in [0.25, 0.3) is 0 Å². The van der Waals surface area contributed by atoms with Gasteiger partial charge in [0.15, 0.2) is 0 Å². The Bertz CT molecular complexity index is 347. The molecule has 0 heterocycles. The molecule has 1 rings (SSSR count). The summed E-state index contributed by atoms with van der Waals surface area (Å²) in [4.78, 5) is 0. The third kappa shape index (κ3) is 3.39. The van der Waals surface area contributed by atoms with Gasteiger partial charge in [0.1, 0.15) is 0 Å². The van der Waals surface area contributed by atoms with Gasteiger partial charge in [0.05, 0.1) is 0 Å². The molecule has 0 nitrogen and oxygen atoms in total. The minimum atomic E-state index is 0.0356. The third-order valence-electron chi connectivity index (χ3n) is 3.71. The summed E-state index contributed by atoms with van der Waals surface area (Å²) in [5.41, 5.74) is 5.49. The summed E-state index contributed by atoms with van der Waals surface area (Å²) in [5, 5.41) is 0. The average Bonchev–Trinajstić information content (AvgIpc) is 2.29. The lowest BCUT2D eigenvalue weighted by Crippen LogP contribution is -2.28. The Kier molecular flexibility index (Phi) is 5.34. The molecule has 0 aromatic heterocycles. The molecule has 0 saturated carbocycles. The van der Waals surface area contributed by atoms with Gasteiger partial charge in [-0.2, -0.15) is 0 Å². The Hall–Kier alpha value is -0.200. The number of hydrogen-bond acceptors (Lipinski definition) is 0. The molecule has 2 heteroatoms. The van der Waals surface area contributed by atoms with Crippen molar-refractivity contribution in [2.75, 3.05) is 11.8 Å². The third-order valence-corrected chi connectivity index (χ3v) is 4.84. The van der Waals surface area contributed by atoms with Crippen molar-refractivity contribution in [3.05, 3.63) is 34.4 Å². The molecule has 0 atom stereocenters. The lowest BCUT2D eigenvalue weighted by molar-refractivity contribution is 0.360. The predicted octanol–water partition coefficient (Wildman–Crippen LogP) is 5.03. The maximum Gasteiger partial charge on any atom is 0.0294 e. The molecule has 0 radical (unpaired) electrons. The molecular weight excluding hydrogens is 251 g/mol. The topological polar surface area (TPSA) is 0 Å². The Morgan fingerprint density at radius 3 is 1.82 bits per heavy atom. The fourth-order valence-electron chi connectivity index (χ4n) is 2.31. The summed E-state index contributed by atoms with van der Waals surface area (Å²) in [7, 11) is 0. The molecule has 1 aromatic rings. The van der Waals surface area contributed by atoms with Crippen LogP contribution in [0, 0.1) is 26.2 Å². The minimum Gasteiger partial charge on any atom is -0.126 e. The Morgan fingerprint density at radius 2 is 1.47 bits per heavy atom. The molecule has 0 unspecified atom stereocenters. The summed E-state index contributed by atoms with van der Waals surface area (Å²) in [6.07, 6.45) is 2.00. The highest BCUT2D eigenvalue weighted by atomic mass is 35.5. The lowest BCUT2D eigenvalue weighted by Gasteiger charge is -2.30. The largest absolute Gasteiger partial charge is 0.126 e. The van der Waals surface area contributed by atoms with Crippen LogP contribution in [-0.2, 0) is 6.42 Å². The van der Waals surface area contributed by atoms with E-state index >= 15 is 0 Å². The molecule has 96 valence electrons. The normalized spacial score (nSPS) is 11.9. The predicted molar refractivity (Wildman–Crippen MR) is 78.5 cm³/mol. The van der Waals surface area contributed by atoms with Gasteiger partial charge in [-0.1, -0.05) is 24.6 Å². The fourth-order valence-corrected chi connectivity index (χ4v) is 3.16. The zero-order valence-corrected chi connectivity index (χ0v) is 12.8. The number of aryl methyl sites for hydroxylation is 3. The summed E-state index contributed by atoms with van der Waals surface area (Å²) < 4.78 is 0. The SMILES string of the molecule is CCC(CCl)(CCl)Cc1c(C)cc(C)cc1C. The van der Waals surface area contributed by atoms with E-state index in [1.54, 1.807) is 0 Å². The summed E-state index contributed by atoms with van der Waals surface area (Å²) in [6, 6.07) is 4.48. The number of rotatable bonds is 5. The molecule has 0 saturated heterocycles. The van der Waals surface area contributed by atoms with Crippen LogP contribution in [0.4, 0.5) is 0 Å². The zero-order chi connectivity index (χ0) is 13.1. The molecule has 0 N–H and O–H groups in total. The van der Waals surface area contributed by atoms with E-state index in [-0.39, 0.29) is 5.41 Å². The highest BCUT2D eigenvalue weighted by Crippen LogP contribution is 2.33. The fraction of sp³-hybridized carbons (Fsp3) is 0.600. The Balaban J connectivity index is 3.09. The Labute approximate surface area is 115 Å². The molecule has 0 aliphatic rings. The van der Waals surface area contributed by atoms with Gasteiger partial charge in [-0.15, -0.1) is 23.2 Å². The van der Waals surface area contributed by atoms with Crippen LogP contribution >= 0.6 is 23.2 Å². The van der Waals surface area contributed by atoms with E-state index < -0.39 is 0 Å². The van der Waals surface area contributed by atoms with E-state index in [0.717, 1.165) is 12.8 Å². The smallest absolute Gasteiger partial charge is 0.0294 e. The molecular formula is C15H22Cl2. The first kappa shape index (κ1) is 14.9. The first-order valence-electron chi connectivity index (χ1n) is 6.16. The van der Waals surface area contributed by atoms with Crippen LogP contribution < -0.4 is 0 Å². The summed E-state index contributed by atoms with van der Waals surface area (Å²) in [6.45, 7) is 8.67. The van der Waals surface area contributed by atoms with Crippen molar-refractivity contribution in [2.24, 2.45) is 5.41 Å². The van der Waals surface area contributed by atoms with Gasteiger partial charge < -0.3 is 0 Å². The van der Waals surface area contributed by atoms with Crippen LogP contribution in [0.15, 0.2) is 12.1 Å². The van der Waals surface area contributed by atoms with Crippen molar-refractivity contribution < 1.29 is 0 Å². The van der Waals surface area contributed by atoms with Crippen molar-refractivity contribution in [1.29, 1.82) is 0 Å². The highest BCUT2D eigenvalue weighted by Gasteiger charge is 2.27. The second kappa shape index (κ2) is 6.11. The van der Waals surface area contributed by atoms with Crippen molar-refractivity contribution >= 4 is 23.2 Å². The van der Waals surface area contributed by atoms with Gasteiger partial charge in [0, 0.05) is 17.2 Å². The number of halogens is 2. The summed E-state index contributed by atoms with van der Waals surface area (Å²) in [5.74, 6) is 1.25.